The van der Waals surface area contributed by atoms with E-state index >= 15 is 0 Å². The lowest BCUT2D eigenvalue weighted by molar-refractivity contribution is 0.324. The Morgan fingerprint density at radius 1 is 1.38 bits per heavy atom. The summed E-state index contributed by atoms with van der Waals surface area (Å²) in [6.45, 7) is 4.42. The fourth-order valence-corrected chi connectivity index (χ4v) is 2.87. The molecule has 2 rings (SSSR count). The lowest BCUT2D eigenvalue weighted by Gasteiger charge is -2.29. The van der Waals surface area contributed by atoms with E-state index in [0.717, 1.165) is 23.1 Å². The standard InChI is InChI=1S/C13H18BrNO/c1-9(10-4-6-15-7-5-10)12-8-11(14)2-3-13(12)16/h2-3,8-10,15-16H,4-7H2,1H3. The predicted molar refractivity (Wildman–Crippen MR) is 69.8 cm³/mol. The van der Waals surface area contributed by atoms with Crippen molar-refractivity contribution in [1.29, 1.82) is 0 Å². The molecule has 1 saturated heterocycles. The summed E-state index contributed by atoms with van der Waals surface area (Å²) in [5.41, 5.74) is 1.07. The van der Waals surface area contributed by atoms with Gasteiger partial charge >= 0.3 is 0 Å². The maximum absolute atomic E-state index is 9.90. The molecule has 1 heterocycles. The molecule has 88 valence electrons. The molecule has 1 fully saturated rings. The van der Waals surface area contributed by atoms with E-state index < -0.39 is 0 Å². The zero-order chi connectivity index (χ0) is 11.5. The molecule has 2 N–H and O–H groups in total. The van der Waals surface area contributed by atoms with E-state index in [1.807, 2.05) is 12.1 Å². The van der Waals surface area contributed by atoms with Gasteiger partial charge in [-0.3, -0.25) is 0 Å². The van der Waals surface area contributed by atoms with Gasteiger partial charge in [0, 0.05) is 4.47 Å². The van der Waals surface area contributed by atoms with Gasteiger partial charge in [0.15, 0.2) is 0 Å². The quantitative estimate of drug-likeness (QED) is 0.873. The average Bonchev–Trinajstić information content (AvgIpc) is 2.32. The summed E-state index contributed by atoms with van der Waals surface area (Å²) in [7, 11) is 0. The highest BCUT2D eigenvalue weighted by Gasteiger charge is 2.23. The third-order valence-corrected chi connectivity index (χ3v) is 4.06. The lowest BCUT2D eigenvalue weighted by atomic mass is 9.81. The van der Waals surface area contributed by atoms with Crippen LogP contribution in [0.25, 0.3) is 0 Å². The Balaban J connectivity index is 2.18. The van der Waals surface area contributed by atoms with Crippen molar-refractivity contribution in [3.05, 3.63) is 28.2 Å². The van der Waals surface area contributed by atoms with Crippen molar-refractivity contribution in [3.63, 3.8) is 0 Å². The van der Waals surface area contributed by atoms with Gasteiger partial charge in [0.1, 0.15) is 5.75 Å². The SMILES string of the molecule is CC(c1cc(Br)ccc1O)C1CCNCC1. The van der Waals surface area contributed by atoms with E-state index in [4.69, 9.17) is 0 Å². The van der Waals surface area contributed by atoms with Crippen LogP contribution in [0.5, 0.6) is 5.75 Å². The fourth-order valence-electron chi connectivity index (χ4n) is 2.49. The highest BCUT2D eigenvalue weighted by molar-refractivity contribution is 9.10. The third kappa shape index (κ3) is 2.58. The largest absolute Gasteiger partial charge is 0.508 e. The van der Waals surface area contributed by atoms with Gasteiger partial charge in [0.25, 0.3) is 0 Å². The normalized spacial score (nSPS) is 19.6. The van der Waals surface area contributed by atoms with Crippen molar-refractivity contribution in [2.45, 2.75) is 25.7 Å². The molecule has 16 heavy (non-hydrogen) atoms. The van der Waals surface area contributed by atoms with Gasteiger partial charge in [-0.1, -0.05) is 22.9 Å². The molecule has 0 radical (unpaired) electrons. The Labute approximate surface area is 105 Å². The summed E-state index contributed by atoms with van der Waals surface area (Å²) in [5, 5.41) is 13.3. The Hall–Kier alpha value is -0.540. The van der Waals surface area contributed by atoms with Crippen LogP contribution >= 0.6 is 15.9 Å². The van der Waals surface area contributed by atoms with Gasteiger partial charge in [-0.05, 0) is 61.5 Å². The van der Waals surface area contributed by atoms with Crippen molar-refractivity contribution in [2.75, 3.05) is 13.1 Å². The van der Waals surface area contributed by atoms with Gasteiger partial charge in [-0.2, -0.15) is 0 Å². The molecule has 1 atom stereocenters. The average molecular weight is 284 g/mol. The maximum Gasteiger partial charge on any atom is 0.119 e. The molecule has 0 aliphatic carbocycles. The molecule has 0 aromatic heterocycles. The topological polar surface area (TPSA) is 32.3 Å². The number of halogens is 1. The van der Waals surface area contributed by atoms with Crippen LogP contribution in [0.15, 0.2) is 22.7 Å². The highest BCUT2D eigenvalue weighted by atomic mass is 79.9. The minimum absolute atomic E-state index is 0.425. The zero-order valence-corrected chi connectivity index (χ0v) is 11.1. The first kappa shape index (κ1) is 11.9. The molecule has 1 unspecified atom stereocenters. The fraction of sp³-hybridized carbons (Fsp3) is 0.538. The number of hydrogen-bond acceptors (Lipinski definition) is 2. The van der Waals surface area contributed by atoms with Gasteiger partial charge in [-0.15, -0.1) is 0 Å². The first-order chi connectivity index (χ1) is 7.68. The first-order valence-electron chi connectivity index (χ1n) is 5.87. The second-order valence-corrected chi connectivity index (χ2v) is 5.49. The minimum atomic E-state index is 0.425. The van der Waals surface area contributed by atoms with Gasteiger partial charge < -0.3 is 10.4 Å². The molecule has 0 saturated carbocycles. The Morgan fingerprint density at radius 3 is 2.75 bits per heavy atom. The van der Waals surface area contributed by atoms with E-state index in [-0.39, 0.29) is 0 Å². The number of rotatable bonds is 2. The van der Waals surface area contributed by atoms with Gasteiger partial charge in [0.2, 0.25) is 0 Å². The summed E-state index contributed by atoms with van der Waals surface area (Å²) in [5.74, 6) is 1.54. The zero-order valence-electron chi connectivity index (χ0n) is 9.54. The summed E-state index contributed by atoms with van der Waals surface area (Å²) < 4.78 is 1.04. The van der Waals surface area contributed by atoms with Crippen molar-refractivity contribution >= 4 is 15.9 Å². The summed E-state index contributed by atoms with van der Waals surface area (Å²) in [6, 6.07) is 5.70. The van der Waals surface area contributed by atoms with Crippen LogP contribution in [0.4, 0.5) is 0 Å². The first-order valence-corrected chi connectivity index (χ1v) is 6.67. The number of benzene rings is 1. The number of phenolic OH excluding ortho intramolecular Hbond substituents is 1. The molecule has 1 aromatic rings. The van der Waals surface area contributed by atoms with Crippen LogP contribution in [0.1, 0.15) is 31.2 Å². The van der Waals surface area contributed by atoms with Gasteiger partial charge in [0.05, 0.1) is 0 Å². The third-order valence-electron chi connectivity index (χ3n) is 3.57. The monoisotopic (exact) mass is 283 g/mol. The Kier molecular flexibility index (Phi) is 3.87. The lowest BCUT2D eigenvalue weighted by Crippen LogP contribution is -2.30. The summed E-state index contributed by atoms with van der Waals surface area (Å²) in [4.78, 5) is 0. The van der Waals surface area contributed by atoms with E-state index in [0.29, 0.717) is 17.6 Å². The van der Waals surface area contributed by atoms with Crippen LogP contribution in [0.2, 0.25) is 0 Å². The highest BCUT2D eigenvalue weighted by Crippen LogP contribution is 2.36. The molecule has 0 spiro atoms. The molecule has 2 nitrogen and oxygen atoms in total. The predicted octanol–water partition coefficient (Wildman–Crippen LogP) is 3.26. The Bertz CT molecular complexity index is 361. The van der Waals surface area contributed by atoms with Gasteiger partial charge in [-0.25, -0.2) is 0 Å². The number of aromatic hydroxyl groups is 1. The molecule has 3 heteroatoms. The van der Waals surface area contributed by atoms with Crippen LogP contribution < -0.4 is 5.32 Å². The molecular weight excluding hydrogens is 266 g/mol. The molecule has 1 aliphatic rings. The van der Waals surface area contributed by atoms with Crippen molar-refractivity contribution < 1.29 is 5.11 Å². The minimum Gasteiger partial charge on any atom is -0.508 e. The van der Waals surface area contributed by atoms with E-state index in [1.165, 1.54) is 12.8 Å². The smallest absolute Gasteiger partial charge is 0.119 e. The second-order valence-electron chi connectivity index (χ2n) is 4.58. The van der Waals surface area contributed by atoms with Crippen molar-refractivity contribution in [3.8, 4) is 5.75 Å². The maximum atomic E-state index is 9.90. The number of hydrogen-bond donors (Lipinski definition) is 2. The molecule has 1 aromatic carbocycles. The van der Waals surface area contributed by atoms with Crippen LogP contribution in [-0.2, 0) is 0 Å². The summed E-state index contributed by atoms with van der Waals surface area (Å²) in [6.07, 6.45) is 2.40. The van der Waals surface area contributed by atoms with Crippen molar-refractivity contribution in [1.82, 2.24) is 5.32 Å². The number of piperidine rings is 1. The van der Waals surface area contributed by atoms with Crippen molar-refractivity contribution in [2.24, 2.45) is 5.92 Å². The van der Waals surface area contributed by atoms with Crippen LogP contribution in [0.3, 0.4) is 0 Å². The molecule has 0 amide bonds. The number of phenols is 1. The van der Waals surface area contributed by atoms with E-state index in [1.54, 1.807) is 6.07 Å². The second kappa shape index (κ2) is 5.19. The van der Waals surface area contributed by atoms with Crippen LogP contribution in [0, 0.1) is 5.92 Å². The molecule has 1 aliphatic heterocycles. The number of nitrogens with one attached hydrogen (secondary N) is 1. The van der Waals surface area contributed by atoms with E-state index in [9.17, 15) is 5.11 Å². The van der Waals surface area contributed by atoms with Crippen LogP contribution in [-0.4, -0.2) is 18.2 Å². The Morgan fingerprint density at radius 2 is 2.06 bits per heavy atom. The molecule has 0 bridgehead atoms. The summed E-state index contributed by atoms with van der Waals surface area (Å²) >= 11 is 3.47. The van der Waals surface area contributed by atoms with E-state index in [2.05, 4.69) is 28.2 Å². The molecular formula is C13H18BrNO.